The predicted octanol–water partition coefficient (Wildman–Crippen LogP) is 2.98. The smallest absolute Gasteiger partial charge is 0.243 e. The Labute approximate surface area is 163 Å². The summed E-state index contributed by atoms with van der Waals surface area (Å²) in [6.07, 6.45) is 5.27. The molecule has 152 valence electrons. The van der Waals surface area contributed by atoms with E-state index < -0.39 is 10.0 Å². The molecule has 0 saturated carbocycles. The normalized spacial score (nSPS) is 22.9. The first kappa shape index (κ1) is 20.4. The van der Waals surface area contributed by atoms with Crippen LogP contribution in [0, 0.1) is 5.92 Å². The maximum absolute atomic E-state index is 13.2. The molecule has 1 atom stereocenters. The van der Waals surface area contributed by atoms with Crippen LogP contribution in [-0.4, -0.2) is 64.1 Å². The average molecular weight is 397 g/mol. The summed E-state index contributed by atoms with van der Waals surface area (Å²) < 4.78 is 38.6. The number of sulfonamides is 1. The summed E-state index contributed by atoms with van der Waals surface area (Å²) in [5, 5.41) is 0. The van der Waals surface area contributed by atoms with E-state index in [-0.39, 0.29) is 10.9 Å². The summed E-state index contributed by atoms with van der Waals surface area (Å²) in [6.45, 7) is 6.16. The molecule has 0 aliphatic carbocycles. The summed E-state index contributed by atoms with van der Waals surface area (Å²) in [6, 6.07) is 4.92. The van der Waals surface area contributed by atoms with Gasteiger partial charge in [-0.05, 0) is 69.8 Å². The standard InChI is InChI=1S/C20H32N2O4S/c1-16-8-12-21(13-9-16)14-10-17-5-4-11-22(17)27(23,24)18-6-7-19(25-2)20(15-18)26-3/h6-7,15-17H,4-5,8-14H2,1-3H3. The van der Waals surface area contributed by atoms with Gasteiger partial charge in [-0.2, -0.15) is 4.31 Å². The van der Waals surface area contributed by atoms with Crippen molar-refractivity contribution < 1.29 is 17.9 Å². The van der Waals surface area contributed by atoms with Gasteiger partial charge in [0.25, 0.3) is 0 Å². The first-order valence-corrected chi connectivity index (χ1v) is 11.4. The molecule has 1 unspecified atom stereocenters. The lowest BCUT2D eigenvalue weighted by molar-refractivity contribution is 0.179. The van der Waals surface area contributed by atoms with Crippen molar-refractivity contribution in [2.45, 2.75) is 50.0 Å². The van der Waals surface area contributed by atoms with E-state index in [2.05, 4.69) is 11.8 Å². The number of methoxy groups -OCH3 is 2. The Hall–Kier alpha value is -1.31. The number of nitrogens with zero attached hydrogens (tertiary/aromatic N) is 2. The molecule has 1 aromatic rings. The van der Waals surface area contributed by atoms with Gasteiger partial charge in [0.05, 0.1) is 19.1 Å². The Kier molecular flexibility index (Phi) is 6.65. The SMILES string of the molecule is COc1ccc(S(=O)(=O)N2CCCC2CCN2CCC(C)CC2)cc1OC. The van der Waals surface area contributed by atoms with Crippen molar-refractivity contribution in [3.8, 4) is 11.5 Å². The predicted molar refractivity (Wildman–Crippen MR) is 106 cm³/mol. The topological polar surface area (TPSA) is 59.1 Å². The number of ether oxygens (including phenoxy) is 2. The maximum atomic E-state index is 13.2. The van der Waals surface area contributed by atoms with Crippen molar-refractivity contribution in [2.75, 3.05) is 40.4 Å². The van der Waals surface area contributed by atoms with E-state index in [9.17, 15) is 8.42 Å². The van der Waals surface area contributed by atoms with Crippen molar-refractivity contribution in [2.24, 2.45) is 5.92 Å². The third-order valence-corrected chi connectivity index (χ3v) is 7.89. The maximum Gasteiger partial charge on any atom is 0.243 e. The summed E-state index contributed by atoms with van der Waals surface area (Å²) in [7, 11) is -0.462. The highest BCUT2D eigenvalue weighted by Gasteiger charge is 2.35. The fraction of sp³-hybridized carbons (Fsp3) is 0.700. The Morgan fingerprint density at radius 3 is 2.41 bits per heavy atom. The second kappa shape index (κ2) is 8.80. The fourth-order valence-electron chi connectivity index (χ4n) is 4.14. The van der Waals surface area contributed by atoms with Crippen LogP contribution in [0.15, 0.2) is 23.1 Å². The van der Waals surface area contributed by atoms with E-state index in [4.69, 9.17) is 9.47 Å². The van der Waals surface area contributed by atoms with Gasteiger partial charge < -0.3 is 14.4 Å². The Morgan fingerprint density at radius 2 is 1.74 bits per heavy atom. The molecule has 2 fully saturated rings. The summed E-state index contributed by atoms with van der Waals surface area (Å²) >= 11 is 0. The first-order valence-electron chi connectivity index (χ1n) is 9.92. The van der Waals surface area contributed by atoms with Crippen LogP contribution in [0.3, 0.4) is 0 Å². The van der Waals surface area contributed by atoms with Crippen LogP contribution in [0.4, 0.5) is 0 Å². The minimum absolute atomic E-state index is 0.0856. The average Bonchev–Trinajstić information content (AvgIpc) is 3.16. The molecule has 2 aliphatic rings. The van der Waals surface area contributed by atoms with Gasteiger partial charge in [-0.3, -0.25) is 0 Å². The second-order valence-electron chi connectivity index (χ2n) is 7.74. The lowest BCUT2D eigenvalue weighted by Crippen LogP contribution is -2.40. The van der Waals surface area contributed by atoms with Crippen LogP contribution in [-0.2, 0) is 10.0 Å². The zero-order valence-corrected chi connectivity index (χ0v) is 17.5. The Bertz CT molecular complexity index is 729. The van der Waals surface area contributed by atoms with E-state index in [0.717, 1.165) is 44.8 Å². The molecular weight excluding hydrogens is 364 g/mol. The van der Waals surface area contributed by atoms with Crippen molar-refractivity contribution in [3.05, 3.63) is 18.2 Å². The molecule has 6 nitrogen and oxygen atoms in total. The van der Waals surface area contributed by atoms with Crippen molar-refractivity contribution in [1.82, 2.24) is 9.21 Å². The van der Waals surface area contributed by atoms with E-state index in [1.165, 1.54) is 20.0 Å². The quantitative estimate of drug-likeness (QED) is 0.709. The number of hydrogen-bond donors (Lipinski definition) is 0. The highest BCUT2D eigenvalue weighted by atomic mass is 32.2. The zero-order valence-electron chi connectivity index (χ0n) is 16.7. The van der Waals surface area contributed by atoms with E-state index in [1.54, 1.807) is 29.6 Å². The Morgan fingerprint density at radius 1 is 1.04 bits per heavy atom. The van der Waals surface area contributed by atoms with Crippen LogP contribution in [0.2, 0.25) is 0 Å². The largest absolute Gasteiger partial charge is 0.493 e. The van der Waals surface area contributed by atoms with Gasteiger partial charge in [-0.15, -0.1) is 0 Å². The minimum Gasteiger partial charge on any atom is -0.493 e. The Balaban J connectivity index is 1.69. The van der Waals surface area contributed by atoms with Crippen molar-refractivity contribution in [1.29, 1.82) is 0 Å². The van der Waals surface area contributed by atoms with Crippen LogP contribution in [0.25, 0.3) is 0 Å². The molecule has 3 rings (SSSR count). The molecule has 1 aromatic carbocycles. The molecule has 7 heteroatoms. The molecular formula is C20H32N2O4S. The zero-order chi connectivity index (χ0) is 19.4. The van der Waals surface area contributed by atoms with Crippen molar-refractivity contribution >= 4 is 10.0 Å². The van der Waals surface area contributed by atoms with Gasteiger partial charge in [0.1, 0.15) is 0 Å². The molecule has 0 amide bonds. The molecule has 0 bridgehead atoms. The molecule has 0 radical (unpaired) electrons. The van der Waals surface area contributed by atoms with Gasteiger partial charge >= 0.3 is 0 Å². The number of rotatable bonds is 7. The molecule has 0 spiro atoms. The lowest BCUT2D eigenvalue weighted by Gasteiger charge is -2.32. The monoisotopic (exact) mass is 396 g/mol. The third kappa shape index (κ3) is 4.58. The molecule has 2 heterocycles. The first-order chi connectivity index (χ1) is 13.0. The van der Waals surface area contributed by atoms with Crippen LogP contribution in [0.1, 0.15) is 39.0 Å². The van der Waals surface area contributed by atoms with Gasteiger partial charge in [0, 0.05) is 18.7 Å². The van der Waals surface area contributed by atoms with Gasteiger partial charge in [0.2, 0.25) is 10.0 Å². The second-order valence-corrected chi connectivity index (χ2v) is 9.63. The molecule has 2 aliphatic heterocycles. The third-order valence-electron chi connectivity index (χ3n) is 5.94. The summed E-state index contributed by atoms with van der Waals surface area (Å²) in [5.41, 5.74) is 0. The molecule has 27 heavy (non-hydrogen) atoms. The fourth-order valence-corrected chi connectivity index (χ4v) is 5.88. The van der Waals surface area contributed by atoms with Gasteiger partial charge in [-0.1, -0.05) is 6.92 Å². The van der Waals surface area contributed by atoms with Crippen LogP contribution >= 0.6 is 0 Å². The van der Waals surface area contributed by atoms with Crippen LogP contribution < -0.4 is 9.47 Å². The molecule has 0 N–H and O–H groups in total. The van der Waals surface area contributed by atoms with Gasteiger partial charge in [0.15, 0.2) is 11.5 Å². The number of likely N-dealkylation sites (tertiary alicyclic amines) is 1. The van der Waals surface area contributed by atoms with E-state index in [0.29, 0.717) is 18.0 Å². The number of benzene rings is 1. The highest BCUT2D eigenvalue weighted by molar-refractivity contribution is 7.89. The number of piperidine rings is 1. The summed E-state index contributed by atoms with van der Waals surface area (Å²) in [5.74, 6) is 1.79. The van der Waals surface area contributed by atoms with E-state index >= 15 is 0 Å². The summed E-state index contributed by atoms with van der Waals surface area (Å²) in [4.78, 5) is 2.76. The molecule has 0 aromatic heterocycles. The van der Waals surface area contributed by atoms with Crippen LogP contribution in [0.5, 0.6) is 11.5 Å². The van der Waals surface area contributed by atoms with Crippen molar-refractivity contribution in [3.63, 3.8) is 0 Å². The molecule has 2 saturated heterocycles. The number of hydrogen-bond acceptors (Lipinski definition) is 5. The lowest BCUT2D eigenvalue weighted by atomic mass is 9.99. The van der Waals surface area contributed by atoms with Gasteiger partial charge in [-0.25, -0.2) is 8.42 Å². The minimum atomic E-state index is -3.53. The van der Waals surface area contributed by atoms with E-state index in [1.807, 2.05) is 0 Å². The highest BCUT2D eigenvalue weighted by Crippen LogP contribution is 2.33.